The van der Waals surface area contributed by atoms with Gasteiger partial charge in [-0.25, -0.2) is 0 Å². The van der Waals surface area contributed by atoms with Crippen molar-refractivity contribution in [1.82, 2.24) is 9.80 Å². The molecule has 0 saturated carbocycles. The number of allylic oxidation sites excluding steroid dienone is 5. The fourth-order valence-electron chi connectivity index (χ4n) is 3.20. The van der Waals surface area contributed by atoms with Crippen LogP contribution in [-0.2, 0) is 17.9 Å². The summed E-state index contributed by atoms with van der Waals surface area (Å²) in [6.07, 6.45) is 13.2. The van der Waals surface area contributed by atoms with Crippen LogP contribution in [0.1, 0.15) is 36.5 Å². The van der Waals surface area contributed by atoms with Gasteiger partial charge in [-0.3, -0.25) is 4.90 Å². The quantitative estimate of drug-likeness (QED) is 0.599. The average Bonchev–Trinajstić information content (AvgIpc) is 2.60. The van der Waals surface area contributed by atoms with Crippen LogP contribution >= 0.6 is 0 Å². The van der Waals surface area contributed by atoms with Crippen LogP contribution in [0.3, 0.4) is 0 Å². The highest BCUT2D eigenvalue weighted by Gasteiger charge is 2.09. The van der Waals surface area contributed by atoms with Crippen LogP contribution in [-0.4, -0.2) is 43.6 Å². The molecule has 1 aromatic rings. The topological polar surface area (TPSA) is 15.7 Å². The first-order valence-electron chi connectivity index (χ1n) is 9.65. The summed E-state index contributed by atoms with van der Waals surface area (Å²) in [5.41, 5.74) is 5.35. The van der Waals surface area contributed by atoms with Gasteiger partial charge in [-0.2, -0.15) is 0 Å². The molecule has 1 aliphatic rings. The highest BCUT2D eigenvalue weighted by atomic mass is 16.5. The molecule has 1 aromatic carbocycles. The Labute approximate surface area is 159 Å². The van der Waals surface area contributed by atoms with E-state index < -0.39 is 0 Å². The Balaban J connectivity index is 1.90. The van der Waals surface area contributed by atoms with E-state index in [1.165, 1.54) is 22.4 Å². The van der Waals surface area contributed by atoms with Gasteiger partial charge in [0.25, 0.3) is 0 Å². The van der Waals surface area contributed by atoms with Crippen LogP contribution in [0.15, 0.2) is 54.3 Å². The molecule has 3 nitrogen and oxygen atoms in total. The number of likely N-dealkylation sites (N-methyl/N-ethyl adjacent to an activating group) is 2. The monoisotopic (exact) mass is 354 g/mol. The van der Waals surface area contributed by atoms with Crippen molar-refractivity contribution in [3.8, 4) is 0 Å². The second-order valence-electron chi connectivity index (χ2n) is 6.98. The van der Waals surface area contributed by atoms with E-state index in [0.717, 1.165) is 39.0 Å². The summed E-state index contributed by atoms with van der Waals surface area (Å²) in [5.74, 6) is 0. The third-order valence-corrected chi connectivity index (χ3v) is 4.99. The van der Waals surface area contributed by atoms with Gasteiger partial charge in [0.15, 0.2) is 0 Å². The Morgan fingerprint density at radius 1 is 1.12 bits per heavy atom. The average molecular weight is 355 g/mol. The SMILES string of the molecule is CCN(CCN(C)/C1=C/C=C\C/C=C\C1)Cc1ccc(COC)c(C)c1. The predicted octanol–water partition coefficient (Wildman–Crippen LogP) is 4.69. The summed E-state index contributed by atoms with van der Waals surface area (Å²) < 4.78 is 5.26. The molecule has 0 bridgehead atoms. The van der Waals surface area contributed by atoms with E-state index in [0.29, 0.717) is 6.61 Å². The number of nitrogens with zero attached hydrogens (tertiary/aromatic N) is 2. The maximum Gasteiger partial charge on any atom is 0.0715 e. The number of hydrogen-bond donors (Lipinski definition) is 0. The molecule has 0 spiro atoms. The van der Waals surface area contributed by atoms with Gasteiger partial charge in [0.1, 0.15) is 0 Å². The highest BCUT2D eigenvalue weighted by Crippen LogP contribution is 2.15. The number of hydrogen-bond acceptors (Lipinski definition) is 3. The summed E-state index contributed by atoms with van der Waals surface area (Å²) in [5, 5.41) is 0. The van der Waals surface area contributed by atoms with E-state index in [1.54, 1.807) is 7.11 Å². The normalized spacial score (nSPS) is 18.7. The third-order valence-electron chi connectivity index (χ3n) is 4.99. The zero-order valence-electron chi connectivity index (χ0n) is 16.9. The summed E-state index contributed by atoms with van der Waals surface area (Å²) in [4.78, 5) is 4.89. The van der Waals surface area contributed by atoms with Crippen LogP contribution in [0.4, 0.5) is 0 Å². The maximum atomic E-state index is 5.26. The molecule has 0 radical (unpaired) electrons. The molecular weight excluding hydrogens is 320 g/mol. The van der Waals surface area contributed by atoms with Crippen molar-refractivity contribution in [2.75, 3.05) is 33.8 Å². The summed E-state index contributed by atoms with van der Waals surface area (Å²) in [6, 6.07) is 6.74. The zero-order chi connectivity index (χ0) is 18.8. The molecule has 0 heterocycles. The van der Waals surface area contributed by atoms with Crippen LogP contribution in [0.25, 0.3) is 0 Å². The van der Waals surface area contributed by atoms with Crippen molar-refractivity contribution >= 4 is 0 Å². The molecule has 142 valence electrons. The Bertz CT molecular complexity index is 646. The van der Waals surface area contributed by atoms with Gasteiger partial charge in [0.2, 0.25) is 0 Å². The zero-order valence-corrected chi connectivity index (χ0v) is 16.9. The van der Waals surface area contributed by atoms with Crippen LogP contribution in [0, 0.1) is 6.92 Å². The largest absolute Gasteiger partial charge is 0.380 e. The Kier molecular flexibility index (Phi) is 8.66. The molecular formula is C23H34N2O. The summed E-state index contributed by atoms with van der Waals surface area (Å²) in [6.45, 7) is 9.27. The first-order valence-corrected chi connectivity index (χ1v) is 9.65. The molecule has 26 heavy (non-hydrogen) atoms. The summed E-state index contributed by atoms with van der Waals surface area (Å²) >= 11 is 0. The summed E-state index contributed by atoms with van der Waals surface area (Å²) in [7, 11) is 3.95. The molecule has 0 aliphatic heterocycles. The Morgan fingerprint density at radius 2 is 1.96 bits per heavy atom. The van der Waals surface area contributed by atoms with Gasteiger partial charge in [-0.15, -0.1) is 0 Å². The lowest BCUT2D eigenvalue weighted by atomic mass is 10.1. The number of rotatable bonds is 9. The molecule has 0 saturated heterocycles. The molecule has 0 fully saturated rings. The van der Waals surface area contributed by atoms with Gasteiger partial charge >= 0.3 is 0 Å². The van der Waals surface area contributed by atoms with E-state index in [4.69, 9.17) is 4.74 Å². The van der Waals surface area contributed by atoms with Crippen LogP contribution in [0.5, 0.6) is 0 Å². The van der Waals surface area contributed by atoms with Crippen molar-refractivity contribution in [2.24, 2.45) is 0 Å². The predicted molar refractivity (Wildman–Crippen MR) is 111 cm³/mol. The lowest BCUT2D eigenvalue weighted by molar-refractivity contribution is 0.184. The minimum absolute atomic E-state index is 0.687. The second kappa shape index (κ2) is 11.0. The Hall–Kier alpha value is -1.84. The lowest BCUT2D eigenvalue weighted by Gasteiger charge is -2.27. The molecule has 0 atom stereocenters. The molecule has 2 rings (SSSR count). The lowest BCUT2D eigenvalue weighted by Crippen LogP contribution is -2.32. The van der Waals surface area contributed by atoms with Crippen molar-refractivity contribution in [3.05, 3.63) is 71.0 Å². The van der Waals surface area contributed by atoms with Crippen LogP contribution < -0.4 is 0 Å². The molecule has 0 aromatic heterocycles. The standard InChI is InChI=1S/C23H34N2O/c1-5-25(18-21-13-14-22(19-26-4)20(2)17-21)16-15-24(3)23-11-9-7-6-8-10-12-23/h7-11,13-14,17H,5-6,12,15-16,18-19H2,1-4H3/b9-7-,10-8-,23-11+. The van der Waals surface area contributed by atoms with Gasteiger partial charge < -0.3 is 9.64 Å². The van der Waals surface area contributed by atoms with Crippen molar-refractivity contribution < 1.29 is 4.74 Å². The number of methoxy groups -OCH3 is 1. The molecule has 0 N–H and O–H groups in total. The van der Waals surface area contributed by atoms with E-state index in [1.807, 2.05) is 0 Å². The highest BCUT2D eigenvalue weighted by molar-refractivity contribution is 5.30. The fourth-order valence-corrected chi connectivity index (χ4v) is 3.20. The maximum absolute atomic E-state index is 5.26. The van der Waals surface area contributed by atoms with Crippen molar-refractivity contribution in [2.45, 2.75) is 39.8 Å². The first-order chi connectivity index (χ1) is 12.6. The minimum atomic E-state index is 0.687. The fraction of sp³-hybridized carbons (Fsp3) is 0.478. The second-order valence-corrected chi connectivity index (χ2v) is 6.98. The molecule has 0 amide bonds. The molecule has 1 aliphatic carbocycles. The van der Waals surface area contributed by atoms with E-state index in [-0.39, 0.29) is 0 Å². The van der Waals surface area contributed by atoms with Gasteiger partial charge in [-0.05, 0) is 42.7 Å². The van der Waals surface area contributed by atoms with E-state index in [9.17, 15) is 0 Å². The van der Waals surface area contributed by atoms with Crippen LogP contribution in [0.2, 0.25) is 0 Å². The van der Waals surface area contributed by atoms with Gasteiger partial charge in [0, 0.05) is 45.9 Å². The molecule has 0 unspecified atom stereocenters. The Morgan fingerprint density at radius 3 is 2.69 bits per heavy atom. The van der Waals surface area contributed by atoms with E-state index in [2.05, 4.69) is 79.3 Å². The van der Waals surface area contributed by atoms with Crippen molar-refractivity contribution in [3.63, 3.8) is 0 Å². The number of benzene rings is 1. The van der Waals surface area contributed by atoms with Crippen molar-refractivity contribution in [1.29, 1.82) is 0 Å². The van der Waals surface area contributed by atoms with E-state index >= 15 is 0 Å². The van der Waals surface area contributed by atoms with Gasteiger partial charge in [0.05, 0.1) is 6.61 Å². The smallest absolute Gasteiger partial charge is 0.0715 e. The van der Waals surface area contributed by atoms with Gasteiger partial charge in [-0.1, -0.05) is 49.4 Å². The molecule has 3 heteroatoms. The minimum Gasteiger partial charge on any atom is -0.380 e. The number of aryl methyl sites for hydroxylation is 1. The first kappa shape index (κ1) is 20.5. The third kappa shape index (κ3) is 6.47. The number of ether oxygens (including phenoxy) is 1.